The average Bonchev–Trinajstić information content (AvgIpc) is 2.62. The molecule has 1 aromatic heterocycles. The summed E-state index contributed by atoms with van der Waals surface area (Å²) >= 11 is 0. The predicted molar refractivity (Wildman–Crippen MR) is 63.0 cm³/mol. The number of rotatable bonds is 4. The zero-order valence-electron chi connectivity index (χ0n) is 10.1. The van der Waals surface area contributed by atoms with Crippen molar-refractivity contribution in [3.63, 3.8) is 0 Å². The van der Waals surface area contributed by atoms with Crippen LogP contribution in [0.2, 0.25) is 0 Å². The molecule has 0 radical (unpaired) electrons. The van der Waals surface area contributed by atoms with Crippen LogP contribution in [0, 0.1) is 0 Å². The van der Waals surface area contributed by atoms with Gasteiger partial charge in [0.15, 0.2) is 11.4 Å². The van der Waals surface area contributed by atoms with E-state index in [1.807, 2.05) is 0 Å². The molecule has 1 aliphatic rings. The van der Waals surface area contributed by atoms with Gasteiger partial charge >= 0.3 is 5.97 Å². The molecule has 2 heterocycles. The van der Waals surface area contributed by atoms with E-state index in [0.717, 1.165) is 6.33 Å². The zero-order valence-corrected chi connectivity index (χ0v) is 10.1. The highest BCUT2D eigenvalue weighted by atomic mass is 19.1. The Hall–Kier alpha value is -1.80. The summed E-state index contributed by atoms with van der Waals surface area (Å²) in [6, 6.07) is 1.24. The Morgan fingerprint density at radius 3 is 2.74 bits per heavy atom. The van der Waals surface area contributed by atoms with Gasteiger partial charge < -0.3 is 19.9 Å². The summed E-state index contributed by atoms with van der Waals surface area (Å²) in [6.07, 6.45) is 1.11. The molecule has 0 saturated carbocycles. The Balaban J connectivity index is 1.97. The number of halogens is 1. The summed E-state index contributed by atoms with van der Waals surface area (Å²) < 4.78 is 24.5. The SMILES string of the molecule is O=C(O)c1cc(NCC2(F)COCCOC2)ncn1. The van der Waals surface area contributed by atoms with Gasteiger partial charge in [-0.2, -0.15) is 0 Å². The van der Waals surface area contributed by atoms with Crippen LogP contribution >= 0.6 is 0 Å². The number of aromatic nitrogens is 2. The maximum atomic E-state index is 14.3. The minimum absolute atomic E-state index is 0.0725. The number of hydrogen-bond acceptors (Lipinski definition) is 6. The lowest BCUT2D eigenvalue weighted by molar-refractivity contribution is 0.0244. The van der Waals surface area contributed by atoms with E-state index in [-0.39, 0.29) is 31.3 Å². The summed E-state index contributed by atoms with van der Waals surface area (Å²) in [7, 11) is 0. The molecule has 0 unspecified atom stereocenters. The molecule has 0 bridgehead atoms. The lowest BCUT2D eigenvalue weighted by atomic mass is 10.1. The summed E-state index contributed by atoms with van der Waals surface area (Å²) in [6.45, 7) is 0.501. The molecule has 1 fully saturated rings. The highest BCUT2D eigenvalue weighted by Crippen LogP contribution is 2.16. The van der Waals surface area contributed by atoms with Gasteiger partial charge in [0, 0.05) is 6.07 Å². The molecule has 7 nitrogen and oxygen atoms in total. The summed E-state index contributed by atoms with van der Waals surface area (Å²) in [4.78, 5) is 18.1. The molecule has 2 N–H and O–H groups in total. The summed E-state index contributed by atoms with van der Waals surface area (Å²) in [5, 5.41) is 11.5. The maximum absolute atomic E-state index is 14.3. The first kappa shape index (κ1) is 13.6. The van der Waals surface area contributed by atoms with E-state index in [2.05, 4.69) is 15.3 Å². The van der Waals surface area contributed by atoms with Crippen LogP contribution in [0.3, 0.4) is 0 Å². The minimum atomic E-state index is -1.66. The van der Waals surface area contributed by atoms with Crippen LogP contribution in [0.25, 0.3) is 0 Å². The van der Waals surface area contributed by atoms with Crippen LogP contribution in [-0.4, -0.2) is 59.7 Å². The molecule has 1 aromatic rings. The number of carboxylic acid groups (broad SMARTS) is 1. The monoisotopic (exact) mass is 271 g/mol. The van der Waals surface area contributed by atoms with Crippen molar-refractivity contribution in [2.75, 3.05) is 38.3 Å². The molecule has 1 aliphatic heterocycles. The predicted octanol–water partition coefficient (Wildman–Crippen LogP) is 0.342. The van der Waals surface area contributed by atoms with Crippen molar-refractivity contribution < 1.29 is 23.8 Å². The van der Waals surface area contributed by atoms with Gasteiger partial charge in [0.25, 0.3) is 0 Å². The van der Waals surface area contributed by atoms with Crippen molar-refractivity contribution in [3.8, 4) is 0 Å². The van der Waals surface area contributed by atoms with Gasteiger partial charge in [-0.15, -0.1) is 0 Å². The van der Waals surface area contributed by atoms with Crippen LogP contribution < -0.4 is 5.32 Å². The van der Waals surface area contributed by atoms with Crippen LogP contribution in [0.1, 0.15) is 10.5 Å². The van der Waals surface area contributed by atoms with Crippen LogP contribution in [0.15, 0.2) is 12.4 Å². The van der Waals surface area contributed by atoms with Gasteiger partial charge in [-0.05, 0) is 0 Å². The fourth-order valence-electron chi connectivity index (χ4n) is 1.59. The van der Waals surface area contributed by atoms with E-state index in [4.69, 9.17) is 14.6 Å². The van der Waals surface area contributed by atoms with Crippen LogP contribution in [-0.2, 0) is 9.47 Å². The third kappa shape index (κ3) is 3.83. The molecule has 0 aliphatic carbocycles. The van der Waals surface area contributed by atoms with E-state index >= 15 is 0 Å². The van der Waals surface area contributed by atoms with E-state index in [1.54, 1.807) is 0 Å². The maximum Gasteiger partial charge on any atom is 0.354 e. The number of hydrogen-bond donors (Lipinski definition) is 2. The largest absolute Gasteiger partial charge is 0.477 e. The Labute approximate surface area is 108 Å². The fraction of sp³-hybridized carbons (Fsp3) is 0.545. The molecule has 0 aromatic carbocycles. The third-order valence-electron chi connectivity index (χ3n) is 2.57. The van der Waals surface area contributed by atoms with Crippen molar-refractivity contribution in [3.05, 3.63) is 18.1 Å². The number of ether oxygens (including phenoxy) is 2. The second-order valence-electron chi connectivity index (χ2n) is 4.20. The average molecular weight is 271 g/mol. The third-order valence-corrected chi connectivity index (χ3v) is 2.57. The number of nitrogens with one attached hydrogen (secondary N) is 1. The fourth-order valence-corrected chi connectivity index (χ4v) is 1.59. The van der Waals surface area contributed by atoms with Gasteiger partial charge in [-0.3, -0.25) is 0 Å². The van der Waals surface area contributed by atoms with Gasteiger partial charge in [0.05, 0.1) is 33.0 Å². The quantitative estimate of drug-likeness (QED) is 0.815. The highest BCUT2D eigenvalue weighted by Gasteiger charge is 2.32. The van der Waals surface area contributed by atoms with Crippen molar-refractivity contribution in [2.24, 2.45) is 0 Å². The van der Waals surface area contributed by atoms with Gasteiger partial charge in [0.1, 0.15) is 12.1 Å². The molecule has 104 valence electrons. The van der Waals surface area contributed by atoms with E-state index in [0.29, 0.717) is 13.2 Å². The normalized spacial score (nSPS) is 18.6. The topological polar surface area (TPSA) is 93.6 Å². The Bertz CT molecular complexity index is 449. The van der Waals surface area contributed by atoms with Crippen molar-refractivity contribution in [1.82, 2.24) is 9.97 Å². The highest BCUT2D eigenvalue weighted by molar-refractivity contribution is 5.85. The van der Waals surface area contributed by atoms with E-state index in [1.165, 1.54) is 6.07 Å². The summed E-state index contributed by atoms with van der Waals surface area (Å²) in [5.41, 5.74) is -1.82. The first-order valence-electron chi connectivity index (χ1n) is 5.73. The Morgan fingerprint density at radius 1 is 1.42 bits per heavy atom. The van der Waals surface area contributed by atoms with Gasteiger partial charge in [0.2, 0.25) is 0 Å². The van der Waals surface area contributed by atoms with Crippen molar-refractivity contribution in [2.45, 2.75) is 5.67 Å². The second-order valence-corrected chi connectivity index (χ2v) is 4.20. The standard InChI is InChI=1S/C11H14FN3O4/c12-11(5-18-1-2-19-6-11)4-13-9-3-8(10(16)17)14-7-15-9/h3,7H,1-2,4-6H2,(H,16,17)(H,13,14,15). The Kier molecular flexibility index (Phi) is 4.23. The first-order chi connectivity index (χ1) is 9.09. The molecule has 8 heteroatoms. The smallest absolute Gasteiger partial charge is 0.354 e. The molecule has 0 atom stereocenters. The summed E-state index contributed by atoms with van der Waals surface area (Å²) in [5.74, 6) is -0.921. The second kappa shape index (κ2) is 5.89. The first-order valence-corrected chi connectivity index (χ1v) is 5.73. The van der Waals surface area contributed by atoms with Crippen molar-refractivity contribution in [1.29, 1.82) is 0 Å². The molecular formula is C11H14FN3O4. The molecule has 0 amide bonds. The minimum Gasteiger partial charge on any atom is -0.477 e. The lowest BCUT2D eigenvalue weighted by Gasteiger charge is -2.22. The molecule has 19 heavy (non-hydrogen) atoms. The number of carbonyl (C=O) groups is 1. The number of anilines is 1. The van der Waals surface area contributed by atoms with Crippen LogP contribution in [0.5, 0.6) is 0 Å². The van der Waals surface area contributed by atoms with Crippen molar-refractivity contribution >= 4 is 11.8 Å². The van der Waals surface area contributed by atoms with E-state index in [9.17, 15) is 9.18 Å². The zero-order chi connectivity index (χ0) is 13.7. The number of carboxylic acids is 1. The lowest BCUT2D eigenvalue weighted by Crippen LogP contribution is -2.40. The van der Waals surface area contributed by atoms with Gasteiger partial charge in [-0.1, -0.05) is 0 Å². The number of nitrogens with zero attached hydrogens (tertiary/aromatic N) is 2. The number of alkyl halides is 1. The molecular weight excluding hydrogens is 257 g/mol. The van der Waals surface area contributed by atoms with Gasteiger partial charge in [-0.25, -0.2) is 19.2 Å². The van der Waals surface area contributed by atoms with Crippen LogP contribution in [0.4, 0.5) is 10.2 Å². The molecule has 1 saturated heterocycles. The van der Waals surface area contributed by atoms with E-state index < -0.39 is 11.6 Å². The molecule has 2 rings (SSSR count). The Morgan fingerprint density at radius 2 is 2.11 bits per heavy atom. The number of aromatic carboxylic acids is 1. The molecule has 0 spiro atoms.